The van der Waals surface area contributed by atoms with Crippen LogP contribution in [0.2, 0.25) is 0 Å². The molecule has 2 aromatic carbocycles. The molecule has 0 saturated carbocycles. The van der Waals surface area contributed by atoms with Gasteiger partial charge in [-0.1, -0.05) is 61.0 Å². The molecule has 2 heteroatoms. The SMILES string of the molecule is CCc1ccc(C2c3cccn3CCCN2Cc2cccc(C)c2)cc1. The first kappa shape index (κ1) is 17.1. The Kier molecular flexibility index (Phi) is 4.94. The van der Waals surface area contributed by atoms with Gasteiger partial charge < -0.3 is 4.57 Å². The molecule has 4 rings (SSSR count). The first-order valence-electron chi connectivity index (χ1n) is 9.78. The number of hydrogen-bond acceptors (Lipinski definition) is 1. The molecule has 0 fully saturated rings. The highest BCUT2D eigenvalue weighted by Gasteiger charge is 2.27. The summed E-state index contributed by atoms with van der Waals surface area (Å²) in [7, 11) is 0. The molecule has 2 heterocycles. The molecule has 1 unspecified atom stereocenters. The standard InChI is InChI=1S/C24H28N2/c1-3-20-10-12-22(13-11-20)24-23-9-5-14-25(23)15-6-16-26(24)18-21-8-4-7-19(2)17-21/h4-5,7-14,17,24H,3,6,15-16,18H2,1-2H3. The lowest BCUT2D eigenvalue weighted by Gasteiger charge is -2.31. The zero-order valence-corrected chi connectivity index (χ0v) is 15.9. The number of benzene rings is 2. The van der Waals surface area contributed by atoms with Crippen molar-refractivity contribution in [3.05, 3.63) is 94.8 Å². The number of hydrogen-bond donors (Lipinski definition) is 0. The van der Waals surface area contributed by atoms with E-state index >= 15 is 0 Å². The third kappa shape index (κ3) is 3.47. The number of nitrogens with zero attached hydrogens (tertiary/aromatic N) is 2. The molecule has 1 atom stereocenters. The van der Waals surface area contributed by atoms with E-state index in [1.807, 2.05) is 0 Å². The average Bonchev–Trinajstić information content (AvgIpc) is 3.04. The zero-order valence-electron chi connectivity index (χ0n) is 15.9. The van der Waals surface area contributed by atoms with Gasteiger partial charge in [-0.3, -0.25) is 4.90 Å². The van der Waals surface area contributed by atoms with E-state index in [0.717, 1.165) is 26.1 Å². The Labute approximate surface area is 157 Å². The van der Waals surface area contributed by atoms with Crippen molar-refractivity contribution in [1.82, 2.24) is 9.47 Å². The number of rotatable bonds is 4. The Hall–Kier alpha value is -2.32. The normalized spacial score (nSPS) is 17.7. The molecule has 0 saturated heterocycles. The van der Waals surface area contributed by atoms with Crippen LogP contribution in [0.4, 0.5) is 0 Å². The van der Waals surface area contributed by atoms with E-state index in [2.05, 4.69) is 90.2 Å². The third-order valence-electron chi connectivity index (χ3n) is 5.53. The summed E-state index contributed by atoms with van der Waals surface area (Å²) in [6.45, 7) is 7.62. The molecule has 3 aromatic rings. The van der Waals surface area contributed by atoms with E-state index in [9.17, 15) is 0 Å². The molecule has 0 spiro atoms. The van der Waals surface area contributed by atoms with Crippen molar-refractivity contribution in [3.8, 4) is 0 Å². The summed E-state index contributed by atoms with van der Waals surface area (Å²) in [5.74, 6) is 0. The minimum Gasteiger partial charge on any atom is -0.350 e. The third-order valence-corrected chi connectivity index (χ3v) is 5.53. The molecule has 0 radical (unpaired) electrons. The van der Waals surface area contributed by atoms with Crippen molar-refractivity contribution in [3.63, 3.8) is 0 Å². The lowest BCUT2D eigenvalue weighted by Crippen LogP contribution is -2.29. The quantitative estimate of drug-likeness (QED) is 0.619. The minimum absolute atomic E-state index is 0.318. The van der Waals surface area contributed by atoms with Crippen molar-refractivity contribution in [2.24, 2.45) is 0 Å². The predicted octanol–water partition coefficient (Wildman–Crippen LogP) is 5.35. The lowest BCUT2D eigenvalue weighted by molar-refractivity contribution is 0.220. The largest absolute Gasteiger partial charge is 0.350 e. The fourth-order valence-electron chi connectivity index (χ4n) is 4.17. The van der Waals surface area contributed by atoms with Crippen molar-refractivity contribution in [2.75, 3.05) is 6.54 Å². The Bertz CT molecular complexity index is 860. The van der Waals surface area contributed by atoms with Crippen LogP contribution >= 0.6 is 0 Å². The smallest absolute Gasteiger partial charge is 0.0759 e. The second-order valence-corrected chi connectivity index (χ2v) is 7.44. The Morgan fingerprint density at radius 3 is 2.54 bits per heavy atom. The highest BCUT2D eigenvalue weighted by molar-refractivity contribution is 5.33. The predicted molar refractivity (Wildman–Crippen MR) is 108 cm³/mol. The molecule has 0 aliphatic carbocycles. The monoisotopic (exact) mass is 344 g/mol. The number of aryl methyl sites for hydroxylation is 3. The molecule has 134 valence electrons. The van der Waals surface area contributed by atoms with Gasteiger partial charge in [0.25, 0.3) is 0 Å². The summed E-state index contributed by atoms with van der Waals surface area (Å²) < 4.78 is 2.44. The summed E-state index contributed by atoms with van der Waals surface area (Å²) in [5, 5.41) is 0. The van der Waals surface area contributed by atoms with Gasteiger partial charge in [-0.15, -0.1) is 0 Å². The maximum atomic E-state index is 2.65. The minimum atomic E-state index is 0.318. The summed E-state index contributed by atoms with van der Waals surface area (Å²) in [5.41, 5.74) is 6.96. The summed E-state index contributed by atoms with van der Waals surface area (Å²) in [6.07, 6.45) is 4.52. The van der Waals surface area contributed by atoms with Gasteiger partial charge in [-0.05, 0) is 48.6 Å². The Morgan fingerprint density at radius 2 is 1.77 bits per heavy atom. The van der Waals surface area contributed by atoms with E-state index in [1.165, 1.54) is 34.4 Å². The van der Waals surface area contributed by atoms with Crippen LogP contribution in [0.15, 0.2) is 66.9 Å². The van der Waals surface area contributed by atoms with Crippen LogP contribution in [0.1, 0.15) is 47.3 Å². The van der Waals surface area contributed by atoms with Crippen molar-refractivity contribution in [1.29, 1.82) is 0 Å². The van der Waals surface area contributed by atoms with Crippen LogP contribution in [-0.4, -0.2) is 16.0 Å². The molecule has 1 aliphatic heterocycles. The van der Waals surface area contributed by atoms with E-state index in [4.69, 9.17) is 0 Å². The molecule has 1 aromatic heterocycles. The van der Waals surface area contributed by atoms with Crippen molar-refractivity contribution in [2.45, 2.75) is 45.8 Å². The zero-order chi connectivity index (χ0) is 17.9. The van der Waals surface area contributed by atoms with E-state index < -0.39 is 0 Å². The van der Waals surface area contributed by atoms with Crippen LogP contribution in [0, 0.1) is 6.92 Å². The maximum Gasteiger partial charge on any atom is 0.0759 e. The topological polar surface area (TPSA) is 8.17 Å². The molecule has 2 nitrogen and oxygen atoms in total. The van der Waals surface area contributed by atoms with Gasteiger partial charge in [0.1, 0.15) is 0 Å². The molecule has 26 heavy (non-hydrogen) atoms. The molecule has 0 bridgehead atoms. The second-order valence-electron chi connectivity index (χ2n) is 7.44. The fourth-order valence-corrected chi connectivity index (χ4v) is 4.17. The number of aromatic nitrogens is 1. The first-order chi connectivity index (χ1) is 12.7. The maximum absolute atomic E-state index is 2.65. The van der Waals surface area contributed by atoms with Crippen molar-refractivity contribution < 1.29 is 0 Å². The highest BCUT2D eigenvalue weighted by atomic mass is 15.2. The Balaban J connectivity index is 1.72. The summed E-state index contributed by atoms with van der Waals surface area (Å²) >= 11 is 0. The van der Waals surface area contributed by atoms with Crippen LogP contribution in [0.3, 0.4) is 0 Å². The van der Waals surface area contributed by atoms with Crippen LogP contribution in [0.5, 0.6) is 0 Å². The lowest BCUT2D eigenvalue weighted by atomic mass is 9.99. The molecule has 0 N–H and O–H groups in total. The summed E-state index contributed by atoms with van der Waals surface area (Å²) in [6, 6.07) is 23.0. The average molecular weight is 345 g/mol. The molecular formula is C24H28N2. The van der Waals surface area contributed by atoms with Gasteiger partial charge in [0, 0.05) is 31.5 Å². The van der Waals surface area contributed by atoms with Crippen LogP contribution < -0.4 is 0 Å². The van der Waals surface area contributed by atoms with Gasteiger partial charge in [-0.2, -0.15) is 0 Å². The van der Waals surface area contributed by atoms with E-state index in [0.29, 0.717) is 6.04 Å². The molecular weight excluding hydrogens is 316 g/mol. The van der Waals surface area contributed by atoms with Crippen LogP contribution in [-0.2, 0) is 19.5 Å². The highest BCUT2D eigenvalue weighted by Crippen LogP contribution is 2.33. The number of fused-ring (bicyclic) bond motifs is 1. The van der Waals surface area contributed by atoms with Crippen LogP contribution in [0.25, 0.3) is 0 Å². The van der Waals surface area contributed by atoms with Crippen molar-refractivity contribution >= 4 is 0 Å². The second kappa shape index (κ2) is 7.51. The van der Waals surface area contributed by atoms with Gasteiger partial charge in [0.05, 0.1) is 6.04 Å². The van der Waals surface area contributed by atoms with E-state index in [-0.39, 0.29) is 0 Å². The van der Waals surface area contributed by atoms with Gasteiger partial charge in [0.2, 0.25) is 0 Å². The van der Waals surface area contributed by atoms with Gasteiger partial charge in [-0.25, -0.2) is 0 Å². The first-order valence-corrected chi connectivity index (χ1v) is 9.78. The molecule has 1 aliphatic rings. The fraction of sp³-hybridized carbons (Fsp3) is 0.333. The van der Waals surface area contributed by atoms with Gasteiger partial charge >= 0.3 is 0 Å². The Morgan fingerprint density at radius 1 is 0.923 bits per heavy atom. The van der Waals surface area contributed by atoms with E-state index in [1.54, 1.807) is 0 Å². The molecule has 0 amide bonds. The summed E-state index contributed by atoms with van der Waals surface area (Å²) in [4.78, 5) is 2.65. The van der Waals surface area contributed by atoms with Gasteiger partial charge in [0.15, 0.2) is 0 Å².